The molecule has 1 aliphatic heterocycles. The van der Waals surface area contributed by atoms with Crippen LogP contribution in [0.15, 0.2) is 24.3 Å². The van der Waals surface area contributed by atoms with Crippen LogP contribution in [-0.4, -0.2) is 38.2 Å². The van der Waals surface area contributed by atoms with Gasteiger partial charge in [-0.15, -0.1) is 0 Å². The average Bonchev–Trinajstić information content (AvgIpc) is 2.78. The first kappa shape index (κ1) is 11.4. The van der Waals surface area contributed by atoms with E-state index in [-0.39, 0.29) is 0 Å². The molecule has 1 fully saturated rings. The van der Waals surface area contributed by atoms with Crippen molar-refractivity contribution in [3.05, 3.63) is 29.8 Å². The van der Waals surface area contributed by atoms with Crippen LogP contribution in [0, 0.1) is 0 Å². The summed E-state index contributed by atoms with van der Waals surface area (Å²) in [6.45, 7) is 4.06. The summed E-state index contributed by atoms with van der Waals surface area (Å²) in [7, 11) is 1.72. The smallest absolute Gasteiger partial charge is 0.119 e. The van der Waals surface area contributed by atoms with Crippen molar-refractivity contribution in [2.75, 3.05) is 33.3 Å². The molecule has 1 heterocycles. The Morgan fingerprint density at radius 2 is 2.38 bits per heavy atom. The highest BCUT2D eigenvalue weighted by Gasteiger charge is 2.23. The molecule has 88 valence electrons. The summed E-state index contributed by atoms with van der Waals surface area (Å²) in [6, 6.07) is 8.41. The van der Waals surface area contributed by atoms with Crippen molar-refractivity contribution in [2.24, 2.45) is 5.73 Å². The Morgan fingerprint density at radius 1 is 1.50 bits per heavy atom. The zero-order chi connectivity index (χ0) is 11.4. The molecule has 0 amide bonds. The van der Waals surface area contributed by atoms with Crippen molar-refractivity contribution < 1.29 is 4.74 Å². The van der Waals surface area contributed by atoms with Gasteiger partial charge < -0.3 is 15.4 Å². The van der Waals surface area contributed by atoms with E-state index in [4.69, 9.17) is 10.5 Å². The lowest BCUT2D eigenvalue weighted by Gasteiger charge is -2.15. The SMILES string of the molecule is COc1cccc([C@H]2CCN(CCN)C2)c1. The van der Waals surface area contributed by atoms with E-state index < -0.39 is 0 Å². The fraction of sp³-hybridized carbons (Fsp3) is 0.538. The molecular formula is C13H20N2O. The Morgan fingerprint density at radius 3 is 3.12 bits per heavy atom. The normalized spacial score (nSPS) is 21.2. The molecule has 1 aromatic rings. The highest BCUT2D eigenvalue weighted by Crippen LogP contribution is 2.28. The predicted octanol–water partition coefficient (Wildman–Crippen LogP) is 1.44. The molecule has 0 spiro atoms. The van der Waals surface area contributed by atoms with Crippen LogP contribution < -0.4 is 10.5 Å². The first-order chi connectivity index (χ1) is 7.83. The van der Waals surface area contributed by atoms with Crippen molar-refractivity contribution >= 4 is 0 Å². The first-order valence-electron chi connectivity index (χ1n) is 5.90. The number of nitrogens with zero attached hydrogens (tertiary/aromatic N) is 1. The van der Waals surface area contributed by atoms with Gasteiger partial charge in [0.15, 0.2) is 0 Å². The maximum Gasteiger partial charge on any atom is 0.119 e. The third kappa shape index (κ3) is 2.54. The van der Waals surface area contributed by atoms with Crippen molar-refractivity contribution in [3.63, 3.8) is 0 Å². The van der Waals surface area contributed by atoms with Crippen LogP contribution in [0.1, 0.15) is 17.9 Å². The molecule has 1 saturated heterocycles. The Bertz CT molecular complexity index is 340. The Hall–Kier alpha value is -1.06. The van der Waals surface area contributed by atoms with Gasteiger partial charge in [-0.1, -0.05) is 12.1 Å². The molecule has 0 bridgehead atoms. The fourth-order valence-corrected chi connectivity index (χ4v) is 2.39. The predicted molar refractivity (Wildman–Crippen MR) is 65.8 cm³/mol. The lowest BCUT2D eigenvalue weighted by Crippen LogP contribution is -2.26. The quantitative estimate of drug-likeness (QED) is 0.834. The van der Waals surface area contributed by atoms with Crippen LogP contribution in [0.25, 0.3) is 0 Å². The number of hydrogen-bond donors (Lipinski definition) is 1. The maximum atomic E-state index is 5.58. The second-order valence-electron chi connectivity index (χ2n) is 4.35. The molecule has 3 heteroatoms. The van der Waals surface area contributed by atoms with Crippen molar-refractivity contribution in [1.82, 2.24) is 4.90 Å². The monoisotopic (exact) mass is 220 g/mol. The van der Waals surface area contributed by atoms with E-state index >= 15 is 0 Å². The minimum absolute atomic E-state index is 0.640. The summed E-state index contributed by atoms with van der Waals surface area (Å²) < 4.78 is 5.26. The molecule has 1 aromatic carbocycles. The van der Waals surface area contributed by atoms with Crippen LogP contribution >= 0.6 is 0 Å². The van der Waals surface area contributed by atoms with Gasteiger partial charge in [0, 0.05) is 19.6 Å². The van der Waals surface area contributed by atoms with E-state index in [1.54, 1.807) is 7.11 Å². The summed E-state index contributed by atoms with van der Waals surface area (Å²) in [4.78, 5) is 2.43. The molecule has 1 aliphatic rings. The van der Waals surface area contributed by atoms with Gasteiger partial charge in [0.2, 0.25) is 0 Å². The average molecular weight is 220 g/mol. The minimum atomic E-state index is 0.640. The second-order valence-corrected chi connectivity index (χ2v) is 4.35. The van der Waals surface area contributed by atoms with Gasteiger partial charge in [-0.3, -0.25) is 0 Å². The molecule has 0 saturated carbocycles. The standard InChI is InChI=1S/C13H20N2O/c1-16-13-4-2-3-11(9-13)12-5-7-15(10-12)8-6-14/h2-4,9,12H,5-8,10,14H2,1H3/t12-/m0/s1. The van der Waals surface area contributed by atoms with E-state index in [1.807, 2.05) is 6.07 Å². The Labute approximate surface area is 97.2 Å². The van der Waals surface area contributed by atoms with E-state index in [9.17, 15) is 0 Å². The summed E-state index contributed by atoms with van der Waals surface area (Å²) in [5.74, 6) is 1.59. The summed E-state index contributed by atoms with van der Waals surface area (Å²) in [6.07, 6.45) is 1.23. The number of ether oxygens (including phenoxy) is 1. The third-order valence-corrected chi connectivity index (χ3v) is 3.28. The zero-order valence-corrected chi connectivity index (χ0v) is 9.86. The molecule has 0 aliphatic carbocycles. The van der Waals surface area contributed by atoms with Crippen LogP contribution in [0.4, 0.5) is 0 Å². The minimum Gasteiger partial charge on any atom is -0.497 e. The highest BCUT2D eigenvalue weighted by atomic mass is 16.5. The van der Waals surface area contributed by atoms with Crippen molar-refractivity contribution in [3.8, 4) is 5.75 Å². The van der Waals surface area contributed by atoms with Gasteiger partial charge in [0.05, 0.1) is 7.11 Å². The first-order valence-corrected chi connectivity index (χ1v) is 5.90. The van der Waals surface area contributed by atoms with Crippen LogP contribution in [0.2, 0.25) is 0 Å². The molecule has 0 radical (unpaired) electrons. The summed E-state index contributed by atoms with van der Waals surface area (Å²) in [5.41, 5.74) is 6.96. The van der Waals surface area contributed by atoms with E-state index in [0.717, 1.165) is 25.4 Å². The topological polar surface area (TPSA) is 38.5 Å². The Balaban J connectivity index is 2.02. The Kier molecular flexibility index (Phi) is 3.80. The highest BCUT2D eigenvalue weighted by molar-refractivity contribution is 5.31. The molecule has 3 nitrogen and oxygen atoms in total. The molecule has 0 aromatic heterocycles. The van der Waals surface area contributed by atoms with Gasteiger partial charge >= 0.3 is 0 Å². The van der Waals surface area contributed by atoms with Gasteiger partial charge in [-0.2, -0.15) is 0 Å². The lowest BCUT2D eigenvalue weighted by molar-refractivity contribution is 0.344. The van der Waals surface area contributed by atoms with Crippen molar-refractivity contribution in [1.29, 1.82) is 0 Å². The summed E-state index contributed by atoms with van der Waals surface area (Å²) >= 11 is 0. The molecule has 0 unspecified atom stereocenters. The number of nitrogens with two attached hydrogens (primary N) is 1. The molecular weight excluding hydrogens is 200 g/mol. The van der Waals surface area contributed by atoms with Crippen LogP contribution in [-0.2, 0) is 0 Å². The number of likely N-dealkylation sites (tertiary alicyclic amines) is 1. The van der Waals surface area contributed by atoms with Gasteiger partial charge in [-0.25, -0.2) is 0 Å². The molecule has 2 N–H and O–H groups in total. The lowest BCUT2D eigenvalue weighted by atomic mass is 9.98. The number of benzene rings is 1. The third-order valence-electron chi connectivity index (χ3n) is 3.28. The van der Waals surface area contributed by atoms with E-state index in [1.165, 1.54) is 18.5 Å². The number of hydrogen-bond acceptors (Lipinski definition) is 3. The fourth-order valence-electron chi connectivity index (χ4n) is 2.39. The number of rotatable bonds is 4. The second kappa shape index (κ2) is 5.32. The van der Waals surface area contributed by atoms with Gasteiger partial charge in [-0.05, 0) is 36.6 Å². The van der Waals surface area contributed by atoms with Crippen molar-refractivity contribution in [2.45, 2.75) is 12.3 Å². The molecule has 16 heavy (non-hydrogen) atoms. The maximum absolute atomic E-state index is 5.58. The van der Waals surface area contributed by atoms with Crippen LogP contribution in [0.5, 0.6) is 5.75 Å². The summed E-state index contributed by atoms with van der Waals surface area (Å²) in [5, 5.41) is 0. The van der Waals surface area contributed by atoms with Gasteiger partial charge in [0.1, 0.15) is 5.75 Å². The largest absolute Gasteiger partial charge is 0.497 e. The van der Waals surface area contributed by atoms with E-state index in [2.05, 4.69) is 23.1 Å². The van der Waals surface area contributed by atoms with Gasteiger partial charge in [0.25, 0.3) is 0 Å². The number of methoxy groups -OCH3 is 1. The molecule has 2 rings (SSSR count). The van der Waals surface area contributed by atoms with Crippen LogP contribution in [0.3, 0.4) is 0 Å². The zero-order valence-electron chi connectivity index (χ0n) is 9.86. The van der Waals surface area contributed by atoms with E-state index in [0.29, 0.717) is 5.92 Å². The molecule has 1 atom stereocenters.